The number of unbranched alkanes of at least 4 members (excludes halogenated alkanes) is 1. The Kier molecular flexibility index (Phi) is 7.65. The number of ether oxygens (including phenoxy) is 1. The van der Waals surface area contributed by atoms with Crippen molar-refractivity contribution in [1.82, 2.24) is 4.57 Å². The Morgan fingerprint density at radius 3 is 1.94 bits per heavy atom. The first kappa shape index (κ1) is 25.0. The first-order chi connectivity index (χ1) is 15.5. The van der Waals surface area contributed by atoms with E-state index >= 15 is 0 Å². The fourth-order valence-corrected chi connectivity index (χ4v) is 8.19. The maximum Gasteiger partial charge on any atom is 0.418 e. The minimum atomic E-state index is -2.96. The number of hydrogen-bond acceptors (Lipinski definition) is 3. The van der Waals surface area contributed by atoms with Gasteiger partial charge < -0.3 is 9.53 Å². The standard InChI is InChI=1S/C28H37NO3Si/c1-27(2,3)32-26(30)29-21-19-23(22-29)14-12-13-20-28(4,5)33(31,24-15-8-6-9-16-24)25-17-10-7-11-18-25/h6-11,15-19,21-22,31H,12-14,20H2,1-5H3. The lowest BCUT2D eigenvalue weighted by molar-refractivity contribution is 0.0537. The molecule has 0 atom stereocenters. The Hall–Kier alpha value is -2.63. The van der Waals surface area contributed by atoms with Gasteiger partial charge in [0.2, 0.25) is 0 Å². The second kappa shape index (κ2) is 10.1. The lowest BCUT2D eigenvalue weighted by Crippen LogP contribution is -2.65. The van der Waals surface area contributed by atoms with Gasteiger partial charge in [0.25, 0.3) is 8.32 Å². The van der Waals surface area contributed by atoms with Crippen molar-refractivity contribution < 1.29 is 14.3 Å². The molecule has 4 nitrogen and oxygen atoms in total. The Morgan fingerprint density at radius 2 is 1.42 bits per heavy atom. The van der Waals surface area contributed by atoms with Crippen molar-refractivity contribution >= 4 is 24.8 Å². The van der Waals surface area contributed by atoms with E-state index in [9.17, 15) is 9.59 Å². The zero-order chi connectivity index (χ0) is 24.1. The van der Waals surface area contributed by atoms with Crippen LogP contribution in [0.4, 0.5) is 4.79 Å². The van der Waals surface area contributed by atoms with Gasteiger partial charge in [0, 0.05) is 12.4 Å². The largest absolute Gasteiger partial charge is 0.443 e. The molecule has 1 N–H and O–H groups in total. The third-order valence-corrected chi connectivity index (χ3v) is 10.8. The maximum absolute atomic E-state index is 12.2. The maximum atomic E-state index is 12.2. The van der Waals surface area contributed by atoms with Crippen LogP contribution in [0.2, 0.25) is 5.04 Å². The Bertz CT molecular complexity index is 996. The highest BCUT2D eigenvalue weighted by Gasteiger charge is 2.49. The molecule has 1 aromatic heterocycles. The molecule has 1 heterocycles. The van der Waals surface area contributed by atoms with Gasteiger partial charge in [-0.25, -0.2) is 4.79 Å². The lowest BCUT2D eigenvalue weighted by atomic mass is 10.0. The third-order valence-electron chi connectivity index (χ3n) is 6.24. The van der Waals surface area contributed by atoms with E-state index in [1.54, 1.807) is 6.20 Å². The number of nitrogens with zero attached hydrogens (tertiary/aromatic N) is 1. The molecule has 0 fully saturated rings. The molecule has 5 heteroatoms. The van der Waals surface area contributed by atoms with Crippen LogP contribution in [0.5, 0.6) is 0 Å². The van der Waals surface area contributed by atoms with Crippen molar-refractivity contribution in [2.24, 2.45) is 0 Å². The predicted octanol–water partition coefficient (Wildman–Crippen LogP) is 5.52. The Balaban J connectivity index is 1.66. The van der Waals surface area contributed by atoms with Gasteiger partial charge in [0.05, 0.1) is 0 Å². The summed E-state index contributed by atoms with van der Waals surface area (Å²) in [7, 11) is -2.96. The molecule has 0 bridgehead atoms. The van der Waals surface area contributed by atoms with E-state index in [4.69, 9.17) is 4.74 Å². The molecule has 3 rings (SSSR count). The summed E-state index contributed by atoms with van der Waals surface area (Å²) in [5, 5.41) is 1.87. The van der Waals surface area contributed by atoms with E-state index < -0.39 is 13.9 Å². The fraction of sp³-hybridized carbons (Fsp3) is 0.393. The van der Waals surface area contributed by atoms with Gasteiger partial charge in [0.1, 0.15) is 5.60 Å². The van der Waals surface area contributed by atoms with Gasteiger partial charge in [-0.3, -0.25) is 4.57 Å². The molecule has 0 radical (unpaired) electrons. The van der Waals surface area contributed by atoms with E-state index in [1.165, 1.54) is 4.57 Å². The number of carbonyl (C=O) groups is 1. The molecule has 0 aliphatic carbocycles. The minimum Gasteiger partial charge on any atom is -0.443 e. The van der Waals surface area contributed by atoms with E-state index in [0.29, 0.717) is 0 Å². The van der Waals surface area contributed by atoms with Crippen molar-refractivity contribution in [1.29, 1.82) is 0 Å². The molecule has 0 amide bonds. The SMILES string of the molecule is CC(C)(C)OC(=O)n1ccc(CCCCC(C)(C)[Si](O)(c2ccccc2)c2ccccc2)c1. The molecule has 3 aromatic rings. The molecule has 0 saturated carbocycles. The first-order valence-corrected chi connectivity index (χ1v) is 13.7. The Morgan fingerprint density at radius 1 is 0.879 bits per heavy atom. The van der Waals surface area contributed by atoms with Crippen LogP contribution in [0, 0.1) is 0 Å². The third kappa shape index (κ3) is 6.04. The molecular formula is C28H37NO3Si. The van der Waals surface area contributed by atoms with Gasteiger partial charge >= 0.3 is 6.09 Å². The zero-order valence-electron chi connectivity index (χ0n) is 20.5. The highest BCUT2D eigenvalue weighted by molar-refractivity contribution is 6.98. The second-order valence-corrected chi connectivity index (χ2v) is 14.4. The van der Waals surface area contributed by atoms with Crippen LogP contribution in [0.1, 0.15) is 59.4 Å². The summed E-state index contributed by atoms with van der Waals surface area (Å²) >= 11 is 0. The Labute approximate surface area is 199 Å². The van der Waals surface area contributed by atoms with Crippen LogP contribution in [0.15, 0.2) is 79.1 Å². The smallest absolute Gasteiger partial charge is 0.418 e. The van der Waals surface area contributed by atoms with Gasteiger partial charge in [-0.2, -0.15) is 0 Å². The van der Waals surface area contributed by atoms with Crippen LogP contribution in [0.3, 0.4) is 0 Å². The number of hydrogen-bond donors (Lipinski definition) is 1. The van der Waals surface area contributed by atoms with E-state index in [2.05, 4.69) is 38.1 Å². The van der Waals surface area contributed by atoms with E-state index in [0.717, 1.165) is 41.6 Å². The molecular weight excluding hydrogens is 426 g/mol. The summed E-state index contributed by atoms with van der Waals surface area (Å²) in [4.78, 5) is 24.5. The monoisotopic (exact) mass is 463 g/mol. The zero-order valence-corrected chi connectivity index (χ0v) is 21.5. The molecule has 0 spiro atoms. The summed E-state index contributed by atoms with van der Waals surface area (Å²) in [6.07, 6.45) is 7.09. The number of carbonyl (C=O) groups excluding carboxylic acids is 1. The summed E-state index contributed by atoms with van der Waals surface area (Å²) in [5.41, 5.74) is 0.614. The summed E-state index contributed by atoms with van der Waals surface area (Å²) < 4.78 is 6.94. The first-order valence-electron chi connectivity index (χ1n) is 11.8. The fourth-order valence-electron chi connectivity index (χ4n) is 4.40. The summed E-state index contributed by atoms with van der Waals surface area (Å²) in [6.45, 7) is 10.0. The van der Waals surface area contributed by atoms with Crippen molar-refractivity contribution in [3.05, 3.63) is 84.7 Å². The summed E-state index contributed by atoms with van der Waals surface area (Å²) in [6, 6.07) is 22.3. The molecule has 2 aromatic carbocycles. The topological polar surface area (TPSA) is 51.5 Å². The average Bonchev–Trinajstić information content (AvgIpc) is 3.25. The van der Waals surface area contributed by atoms with Gasteiger partial charge in [-0.15, -0.1) is 0 Å². The molecule has 176 valence electrons. The number of aromatic nitrogens is 1. The van der Waals surface area contributed by atoms with Crippen LogP contribution in [0.25, 0.3) is 0 Å². The summed E-state index contributed by atoms with van der Waals surface area (Å²) in [5.74, 6) is 0. The van der Waals surface area contributed by atoms with Crippen molar-refractivity contribution in [2.45, 2.75) is 70.9 Å². The lowest BCUT2D eigenvalue weighted by Gasteiger charge is -2.41. The van der Waals surface area contributed by atoms with Crippen LogP contribution >= 0.6 is 0 Å². The predicted molar refractivity (Wildman–Crippen MR) is 138 cm³/mol. The van der Waals surface area contributed by atoms with Crippen molar-refractivity contribution in [2.75, 3.05) is 0 Å². The van der Waals surface area contributed by atoms with Gasteiger partial charge in [-0.05, 0) is 67.1 Å². The normalized spacial score (nSPS) is 12.5. The quantitative estimate of drug-likeness (QED) is 0.354. The van der Waals surface area contributed by atoms with Crippen LogP contribution in [-0.4, -0.2) is 29.4 Å². The highest BCUT2D eigenvalue weighted by Crippen LogP contribution is 2.40. The second-order valence-electron chi connectivity index (χ2n) is 10.4. The number of benzene rings is 2. The van der Waals surface area contributed by atoms with Gasteiger partial charge in [-0.1, -0.05) is 80.9 Å². The minimum absolute atomic E-state index is 0.238. The van der Waals surface area contributed by atoms with E-state index in [1.807, 2.05) is 69.4 Å². The van der Waals surface area contributed by atoms with Crippen LogP contribution < -0.4 is 10.4 Å². The van der Waals surface area contributed by atoms with Gasteiger partial charge in [0.15, 0.2) is 0 Å². The van der Waals surface area contributed by atoms with Crippen molar-refractivity contribution in [3.8, 4) is 0 Å². The average molecular weight is 464 g/mol. The molecule has 33 heavy (non-hydrogen) atoms. The molecule has 0 aliphatic heterocycles. The highest BCUT2D eigenvalue weighted by atomic mass is 28.4. The number of rotatable bonds is 8. The number of aryl methyl sites for hydroxylation is 1. The van der Waals surface area contributed by atoms with Crippen molar-refractivity contribution in [3.63, 3.8) is 0 Å². The van der Waals surface area contributed by atoms with E-state index in [-0.39, 0.29) is 11.1 Å². The van der Waals surface area contributed by atoms with Crippen LogP contribution in [-0.2, 0) is 11.2 Å². The molecule has 0 unspecified atom stereocenters. The molecule has 0 saturated heterocycles. The molecule has 0 aliphatic rings.